The van der Waals surface area contributed by atoms with Crippen LogP contribution < -0.4 is 0 Å². The molecule has 160 valence electrons. The van der Waals surface area contributed by atoms with E-state index in [0.29, 0.717) is 5.56 Å². The van der Waals surface area contributed by atoms with Gasteiger partial charge in [-0.15, -0.1) is 11.8 Å². The average molecular weight is 431 g/mol. The van der Waals surface area contributed by atoms with Gasteiger partial charge in [-0.2, -0.15) is 0 Å². The van der Waals surface area contributed by atoms with Crippen LogP contribution in [0.2, 0.25) is 0 Å². The highest BCUT2D eigenvalue weighted by molar-refractivity contribution is 7.99. The van der Waals surface area contributed by atoms with Crippen molar-refractivity contribution in [3.8, 4) is 0 Å². The van der Waals surface area contributed by atoms with E-state index in [0.717, 1.165) is 5.56 Å². The van der Waals surface area contributed by atoms with Gasteiger partial charge < -0.3 is 18.9 Å². The number of carbonyl (C=O) groups excluding carboxylic acids is 2. The van der Waals surface area contributed by atoms with Crippen molar-refractivity contribution in [3.05, 3.63) is 71.8 Å². The molecule has 0 radical (unpaired) electrons. The van der Waals surface area contributed by atoms with E-state index >= 15 is 0 Å². The number of carbonyl (C=O) groups is 2. The maximum absolute atomic E-state index is 12.7. The highest BCUT2D eigenvalue weighted by Crippen LogP contribution is 2.33. The Morgan fingerprint density at radius 3 is 2.17 bits per heavy atom. The Bertz CT molecular complexity index is 828. The first-order valence-corrected chi connectivity index (χ1v) is 11.1. The van der Waals surface area contributed by atoms with Crippen LogP contribution in [0.15, 0.2) is 60.7 Å². The minimum Gasteiger partial charge on any atom is -0.456 e. The van der Waals surface area contributed by atoms with Gasteiger partial charge in [-0.1, -0.05) is 48.5 Å². The molecule has 1 heterocycles. The third-order valence-corrected chi connectivity index (χ3v) is 5.64. The molecule has 2 aromatic rings. The number of hydrogen-bond donors (Lipinski definition) is 0. The van der Waals surface area contributed by atoms with E-state index in [1.807, 2.05) is 49.6 Å². The predicted molar refractivity (Wildman–Crippen MR) is 114 cm³/mol. The van der Waals surface area contributed by atoms with Gasteiger partial charge in [0.2, 0.25) is 0 Å². The van der Waals surface area contributed by atoms with Crippen molar-refractivity contribution in [1.29, 1.82) is 0 Å². The standard InChI is InChI=1S/C23H26O6S/c1-15-19(29-22(25)18-12-8-5-9-13-18)20(26-14-17-10-6-4-7-11-17)21(28-16(2)24)23(27-15)30-3/h4-13,15,19-21,23H,14H2,1-3H3/t15-,19-,20+,21+,23-/m0/s1. The van der Waals surface area contributed by atoms with Gasteiger partial charge in [0, 0.05) is 6.92 Å². The molecule has 3 rings (SSSR count). The lowest BCUT2D eigenvalue weighted by molar-refractivity contribution is -0.223. The molecular formula is C23H26O6S. The van der Waals surface area contributed by atoms with Crippen LogP contribution in [0.4, 0.5) is 0 Å². The first-order valence-electron chi connectivity index (χ1n) is 9.76. The van der Waals surface area contributed by atoms with Crippen LogP contribution in [-0.4, -0.2) is 48.0 Å². The Morgan fingerprint density at radius 2 is 1.57 bits per heavy atom. The zero-order chi connectivity index (χ0) is 21.5. The quantitative estimate of drug-likeness (QED) is 0.618. The summed E-state index contributed by atoms with van der Waals surface area (Å²) >= 11 is 1.42. The molecule has 0 aliphatic carbocycles. The summed E-state index contributed by atoms with van der Waals surface area (Å²) in [6.07, 6.45) is -0.704. The second-order valence-electron chi connectivity index (χ2n) is 7.02. The van der Waals surface area contributed by atoms with E-state index < -0.39 is 41.8 Å². The van der Waals surface area contributed by atoms with Crippen LogP contribution >= 0.6 is 11.8 Å². The molecule has 2 aromatic carbocycles. The third kappa shape index (κ3) is 5.62. The first kappa shape index (κ1) is 22.3. The summed E-state index contributed by atoms with van der Waals surface area (Å²) in [5.74, 6) is -0.924. The summed E-state index contributed by atoms with van der Waals surface area (Å²) in [6.45, 7) is 3.46. The Kier molecular flexibility index (Phi) is 7.90. The molecule has 0 spiro atoms. The second-order valence-corrected chi connectivity index (χ2v) is 7.95. The number of ether oxygens (including phenoxy) is 4. The fourth-order valence-corrected chi connectivity index (χ4v) is 4.13. The largest absolute Gasteiger partial charge is 0.456 e. The van der Waals surface area contributed by atoms with Crippen molar-refractivity contribution in [2.75, 3.05) is 6.26 Å². The Morgan fingerprint density at radius 1 is 0.933 bits per heavy atom. The van der Waals surface area contributed by atoms with E-state index in [2.05, 4.69) is 0 Å². The zero-order valence-electron chi connectivity index (χ0n) is 17.2. The SMILES string of the molecule is CS[C@@H]1O[C@@H](C)[C@H](OC(=O)c2ccccc2)[C@@H](OCc2ccccc2)[C@H]1OC(C)=O. The van der Waals surface area contributed by atoms with Gasteiger partial charge >= 0.3 is 11.9 Å². The van der Waals surface area contributed by atoms with Crippen molar-refractivity contribution in [2.24, 2.45) is 0 Å². The molecule has 0 N–H and O–H groups in total. The lowest BCUT2D eigenvalue weighted by atomic mass is 9.99. The number of thioether (sulfide) groups is 1. The van der Waals surface area contributed by atoms with Crippen LogP contribution in [0.1, 0.15) is 29.8 Å². The molecule has 1 fully saturated rings. The van der Waals surface area contributed by atoms with Crippen molar-refractivity contribution in [1.82, 2.24) is 0 Å². The molecule has 0 unspecified atom stereocenters. The van der Waals surface area contributed by atoms with Crippen LogP contribution in [0.25, 0.3) is 0 Å². The van der Waals surface area contributed by atoms with E-state index in [1.165, 1.54) is 18.7 Å². The van der Waals surface area contributed by atoms with Crippen molar-refractivity contribution >= 4 is 23.7 Å². The van der Waals surface area contributed by atoms with E-state index in [9.17, 15) is 9.59 Å². The van der Waals surface area contributed by atoms with Gasteiger partial charge in [-0.25, -0.2) is 4.79 Å². The Labute approximate surface area is 180 Å². The molecule has 1 aliphatic heterocycles. The van der Waals surface area contributed by atoms with Gasteiger partial charge in [0.05, 0.1) is 18.3 Å². The van der Waals surface area contributed by atoms with Crippen LogP contribution in [0.3, 0.4) is 0 Å². The maximum atomic E-state index is 12.7. The van der Waals surface area contributed by atoms with Gasteiger partial charge in [0.1, 0.15) is 11.5 Å². The summed E-state index contributed by atoms with van der Waals surface area (Å²) in [4.78, 5) is 24.5. The molecule has 6 nitrogen and oxygen atoms in total. The number of hydrogen-bond acceptors (Lipinski definition) is 7. The minimum absolute atomic E-state index is 0.288. The lowest BCUT2D eigenvalue weighted by Crippen LogP contribution is -2.59. The van der Waals surface area contributed by atoms with Crippen LogP contribution in [0.5, 0.6) is 0 Å². The average Bonchev–Trinajstić information content (AvgIpc) is 2.76. The molecule has 30 heavy (non-hydrogen) atoms. The fourth-order valence-electron chi connectivity index (χ4n) is 3.36. The van der Waals surface area contributed by atoms with E-state index in [1.54, 1.807) is 24.3 Å². The molecule has 0 aromatic heterocycles. The fraction of sp³-hybridized carbons (Fsp3) is 0.391. The van der Waals surface area contributed by atoms with Crippen LogP contribution in [0, 0.1) is 0 Å². The summed E-state index contributed by atoms with van der Waals surface area (Å²) in [7, 11) is 0. The Hall–Kier alpha value is -2.35. The molecule has 1 aliphatic rings. The number of rotatable bonds is 7. The van der Waals surface area contributed by atoms with Gasteiger partial charge in [-0.05, 0) is 30.9 Å². The summed E-state index contributed by atoms with van der Waals surface area (Å²) in [5.41, 5.74) is 0.964. The highest BCUT2D eigenvalue weighted by atomic mass is 32.2. The van der Waals surface area contributed by atoms with Crippen molar-refractivity contribution in [2.45, 2.75) is 50.3 Å². The molecule has 0 saturated carbocycles. The van der Waals surface area contributed by atoms with Crippen LogP contribution in [-0.2, 0) is 30.3 Å². The molecule has 0 amide bonds. The smallest absolute Gasteiger partial charge is 0.338 e. The lowest BCUT2D eigenvalue weighted by Gasteiger charge is -2.43. The maximum Gasteiger partial charge on any atom is 0.338 e. The van der Waals surface area contributed by atoms with Crippen molar-refractivity contribution < 1.29 is 28.5 Å². The summed E-state index contributed by atoms with van der Waals surface area (Å²) < 4.78 is 23.6. The number of benzene rings is 2. The van der Waals surface area contributed by atoms with E-state index in [4.69, 9.17) is 18.9 Å². The van der Waals surface area contributed by atoms with Crippen molar-refractivity contribution in [3.63, 3.8) is 0 Å². The molecule has 0 bridgehead atoms. The normalized spacial score (nSPS) is 26.0. The first-order chi connectivity index (χ1) is 14.5. The summed E-state index contributed by atoms with van der Waals surface area (Å²) in [6, 6.07) is 18.4. The van der Waals surface area contributed by atoms with Gasteiger partial charge in [0.15, 0.2) is 12.2 Å². The molecule has 1 saturated heterocycles. The van der Waals surface area contributed by atoms with E-state index in [-0.39, 0.29) is 6.61 Å². The molecular weight excluding hydrogens is 404 g/mol. The molecule has 7 heteroatoms. The Balaban J connectivity index is 1.85. The monoisotopic (exact) mass is 430 g/mol. The minimum atomic E-state index is -0.742. The predicted octanol–water partition coefficient (Wildman–Crippen LogP) is 3.84. The second kappa shape index (κ2) is 10.6. The third-order valence-electron chi connectivity index (χ3n) is 4.80. The molecule has 5 atom stereocenters. The topological polar surface area (TPSA) is 71.1 Å². The summed E-state index contributed by atoms with van der Waals surface area (Å²) in [5, 5.41) is 0. The highest BCUT2D eigenvalue weighted by Gasteiger charge is 2.49. The van der Waals surface area contributed by atoms with Gasteiger partial charge in [0.25, 0.3) is 0 Å². The number of esters is 2. The van der Waals surface area contributed by atoms with Gasteiger partial charge in [-0.3, -0.25) is 4.79 Å². The zero-order valence-corrected chi connectivity index (χ0v) is 18.0.